The van der Waals surface area contributed by atoms with Gasteiger partial charge in [-0.25, -0.2) is 0 Å². The largest absolute Gasteiger partial charge is 0.371 e. The summed E-state index contributed by atoms with van der Waals surface area (Å²) in [5.41, 5.74) is 1.34. The van der Waals surface area contributed by atoms with E-state index < -0.39 is 0 Å². The molecule has 106 valence electrons. The van der Waals surface area contributed by atoms with E-state index in [9.17, 15) is 4.79 Å². The van der Waals surface area contributed by atoms with E-state index in [1.165, 1.54) is 12.0 Å². The van der Waals surface area contributed by atoms with Gasteiger partial charge in [0.15, 0.2) is 0 Å². The molecule has 0 aromatic heterocycles. The summed E-state index contributed by atoms with van der Waals surface area (Å²) in [7, 11) is 0. The van der Waals surface area contributed by atoms with Crippen molar-refractivity contribution in [2.75, 3.05) is 19.7 Å². The van der Waals surface area contributed by atoms with Gasteiger partial charge in [0.05, 0.1) is 12.2 Å². The summed E-state index contributed by atoms with van der Waals surface area (Å²) in [6, 6.07) is 10.4. The Kier molecular flexibility index (Phi) is 2.84. The molecule has 1 saturated heterocycles. The third-order valence-electron chi connectivity index (χ3n) is 5.16. The molecule has 20 heavy (non-hydrogen) atoms. The number of benzene rings is 1. The zero-order valence-corrected chi connectivity index (χ0v) is 11.8. The molecule has 0 bridgehead atoms. The fourth-order valence-corrected chi connectivity index (χ4v) is 3.68. The average Bonchev–Trinajstić information content (AvgIpc) is 3.26. The van der Waals surface area contributed by atoms with Crippen LogP contribution in [-0.2, 0) is 9.53 Å². The van der Waals surface area contributed by atoms with Gasteiger partial charge in [-0.1, -0.05) is 30.3 Å². The maximum absolute atomic E-state index is 12.6. The summed E-state index contributed by atoms with van der Waals surface area (Å²) in [5.74, 6) is 1.02. The molecule has 2 atom stereocenters. The highest BCUT2D eigenvalue weighted by Gasteiger charge is 2.49. The van der Waals surface area contributed by atoms with Crippen molar-refractivity contribution >= 4 is 5.91 Å². The van der Waals surface area contributed by atoms with Crippen LogP contribution in [0.5, 0.6) is 0 Å². The summed E-state index contributed by atoms with van der Waals surface area (Å²) in [6.07, 6.45) is 4.53. The van der Waals surface area contributed by atoms with E-state index >= 15 is 0 Å². The number of morpholine rings is 1. The van der Waals surface area contributed by atoms with Crippen molar-refractivity contribution in [3.8, 4) is 0 Å². The number of nitrogens with zero attached hydrogens (tertiary/aromatic N) is 1. The Labute approximate surface area is 119 Å². The molecule has 4 rings (SSSR count). The number of ether oxygens (including phenoxy) is 1. The van der Waals surface area contributed by atoms with Gasteiger partial charge in [-0.3, -0.25) is 4.79 Å². The van der Waals surface area contributed by atoms with Crippen molar-refractivity contribution in [1.29, 1.82) is 0 Å². The molecule has 3 aliphatic rings. The zero-order valence-electron chi connectivity index (χ0n) is 11.8. The first-order chi connectivity index (χ1) is 9.77. The fourth-order valence-electron chi connectivity index (χ4n) is 3.68. The second-order valence-corrected chi connectivity index (χ2v) is 6.50. The summed E-state index contributed by atoms with van der Waals surface area (Å²) < 4.78 is 5.90. The van der Waals surface area contributed by atoms with Crippen LogP contribution < -0.4 is 0 Å². The summed E-state index contributed by atoms with van der Waals surface area (Å²) in [6.45, 7) is 2.32. The van der Waals surface area contributed by atoms with Crippen molar-refractivity contribution in [2.45, 2.75) is 37.2 Å². The van der Waals surface area contributed by atoms with E-state index in [-0.39, 0.29) is 11.5 Å². The highest BCUT2D eigenvalue weighted by atomic mass is 16.5. The van der Waals surface area contributed by atoms with Crippen LogP contribution in [0, 0.1) is 5.92 Å². The number of hydrogen-bond acceptors (Lipinski definition) is 2. The Morgan fingerprint density at radius 3 is 2.75 bits per heavy atom. The topological polar surface area (TPSA) is 29.5 Å². The van der Waals surface area contributed by atoms with Crippen LogP contribution in [0.2, 0.25) is 0 Å². The van der Waals surface area contributed by atoms with Crippen molar-refractivity contribution < 1.29 is 9.53 Å². The van der Waals surface area contributed by atoms with Crippen LogP contribution in [0.25, 0.3) is 0 Å². The third kappa shape index (κ3) is 2.05. The lowest BCUT2D eigenvalue weighted by molar-refractivity contribution is -0.168. The molecule has 2 aliphatic carbocycles. The minimum absolute atomic E-state index is 0.0189. The molecule has 1 aliphatic heterocycles. The van der Waals surface area contributed by atoms with Crippen molar-refractivity contribution in [3.63, 3.8) is 0 Å². The highest BCUT2D eigenvalue weighted by molar-refractivity contribution is 5.83. The van der Waals surface area contributed by atoms with Crippen molar-refractivity contribution in [1.82, 2.24) is 4.90 Å². The van der Waals surface area contributed by atoms with E-state index in [0.29, 0.717) is 18.4 Å². The maximum Gasteiger partial charge on any atom is 0.226 e. The van der Waals surface area contributed by atoms with Gasteiger partial charge in [-0.15, -0.1) is 0 Å². The first-order valence-electron chi connectivity index (χ1n) is 7.75. The lowest BCUT2D eigenvalue weighted by atomic mass is 9.79. The molecule has 3 heteroatoms. The number of hydrogen-bond donors (Lipinski definition) is 0. The summed E-state index contributed by atoms with van der Waals surface area (Å²) in [4.78, 5) is 14.7. The molecular weight excluding hydrogens is 250 g/mol. The highest BCUT2D eigenvalue weighted by Crippen LogP contribution is 2.49. The van der Waals surface area contributed by atoms with Crippen molar-refractivity contribution in [2.24, 2.45) is 5.92 Å². The van der Waals surface area contributed by atoms with Crippen LogP contribution in [-0.4, -0.2) is 36.1 Å². The molecular formula is C17H21NO2. The van der Waals surface area contributed by atoms with Gasteiger partial charge in [-0.2, -0.15) is 0 Å². The maximum atomic E-state index is 12.6. The van der Waals surface area contributed by atoms with Gasteiger partial charge in [0.1, 0.15) is 0 Å². The van der Waals surface area contributed by atoms with Crippen LogP contribution in [0.3, 0.4) is 0 Å². The molecule has 0 N–H and O–H groups in total. The molecule has 2 saturated carbocycles. The standard InChI is InChI=1S/C17H21NO2/c19-16(15-11-14(15)13-5-2-1-3-6-13)18-9-10-20-17(12-18)7-4-8-17/h1-3,5-6,14-15H,4,7-12H2/t14-,15-/m0/s1. The SMILES string of the molecule is O=C([C@H]1C[C@H]1c1ccccc1)N1CCOC2(CCC2)C1. The molecule has 1 heterocycles. The second kappa shape index (κ2) is 4.59. The predicted molar refractivity (Wildman–Crippen MR) is 76.4 cm³/mol. The average molecular weight is 271 g/mol. The molecule has 0 unspecified atom stereocenters. The lowest BCUT2D eigenvalue weighted by Gasteiger charge is -2.48. The van der Waals surface area contributed by atoms with Gasteiger partial charge >= 0.3 is 0 Å². The monoisotopic (exact) mass is 271 g/mol. The number of carbonyl (C=O) groups is 1. The summed E-state index contributed by atoms with van der Waals surface area (Å²) >= 11 is 0. The van der Waals surface area contributed by atoms with E-state index in [1.54, 1.807) is 0 Å². The Bertz CT molecular complexity index is 509. The predicted octanol–water partition coefficient (Wildman–Crippen LogP) is 2.57. The molecule has 1 spiro atoms. The molecule has 1 aromatic carbocycles. The Morgan fingerprint density at radius 2 is 2.05 bits per heavy atom. The van der Waals surface area contributed by atoms with Crippen LogP contribution >= 0.6 is 0 Å². The minimum Gasteiger partial charge on any atom is -0.371 e. The fraction of sp³-hybridized carbons (Fsp3) is 0.588. The first kappa shape index (κ1) is 12.4. The van der Waals surface area contributed by atoms with Crippen LogP contribution in [0.15, 0.2) is 30.3 Å². The zero-order chi connectivity index (χ0) is 13.6. The van der Waals surface area contributed by atoms with Crippen LogP contribution in [0.4, 0.5) is 0 Å². The molecule has 0 radical (unpaired) electrons. The first-order valence-corrected chi connectivity index (χ1v) is 7.75. The van der Waals surface area contributed by atoms with E-state index in [0.717, 1.165) is 32.4 Å². The Morgan fingerprint density at radius 1 is 1.25 bits per heavy atom. The van der Waals surface area contributed by atoms with E-state index in [4.69, 9.17) is 4.74 Å². The Balaban J connectivity index is 1.41. The molecule has 1 amide bonds. The third-order valence-corrected chi connectivity index (χ3v) is 5.16. The second-order valence-electron chi connectivity index (χ2n) is 6.50. The number of carbonyl (C=O) groups excluding carboxylic acids is 1. The lowest BCUT2D eigenvalue weighted by Crippen LogP contribution is -2.57. The summed E-state index contributed by atoms with van der Waals surface area (Å²) in [5, 5.41) is 0. The van der Waals surface area contributed by atoms with Crippen molar-refractivity contribution in [3.05, 3.63) is 35.9 Å². The normalized spacial score (nSPS) is 30.9. The molecule has 3 nitrogen and oxygen atoms in total. The van der Waals surface area contributed by atoms with Gasteiger partial charge in [0.2, 0.25) is 5.91 Å². The van der Waals surface area contributed by atoms with Gasteiger partial charge in [0.25, 0.3) is 0 Å². The molecule has 1 aromatic rings. The van der Waals surface area contributed by atoms with Gasteiger partial charge in [-0.05, 0) is 37.2 Å². The van der Waals surface area contributed by atoms with Gasteiger partial charge < -0.3 is 9.64 Å². The van der Waals surface area contributed by atoms with Gasteiger partial charge in [0, 0.05) is 19.0 Å². The smallest absolute Gasteiger partial charge is 0.226 e. The van der Waals surface area contributed by atoms with E-state index in [1.807, 2.05) is 6.07 Å². The Hall–Kier alpha value is -1.35. The quantitative estimate of drug-likeness (QED) is 0.827. The molecule has 3 fully saturated rings. The number of rotatable bonds is 2. The van der Waals surface area contributed by atoms with E-state index in [2.05, 4.69) is 29.2 Å². The minimum atomic E-state index is 0.0189. The van der Waals surface area contributed by atoms with Crippen LogP contribution in [0.1, 0.15) is 37.2 Å². The number of amides is 1.